The molecule has 0 spiro atoms. The lowest BCUT2D eigenvalue weighted by molar-refractivity contribution is 0.380. The summed E-state index contributed by atoms with van der Waals surface area (Å²) in [6, 6.07) is 9.87. The summed E-state index contributed by atoms with van der Waals surface area (Å²) in [5, 5.41) is 17.7. The number of hydrogen-bond acceptors (Lipinski definition) is 3. The molecular weight excluding hydrogens is 238 g/mol. The van der Waals surface area contributed by atoms with Crippen LogP contribution in [0.2, 0.25) is 0 Å². The van der Waals surface area contributed by atoms with Gasteiger partial charge in [0.25, 0.3) is 0 Å². The minimum atomic E-state index is 0.159. The molecule has 2 rings (SSSR count). The predicted octanol–water partition coefficient (Wildman–Crippen LogP) is 2.72. The smallest absolute Gasteiger partial charge is 0.120 e. The van der Waals surface area contributed by atoms with Crippen molar-refractivity contribution in [3.8, 4) is 5.75 Å². The molecule has 0 aliphatic carbocycles. The molecule has 1 heterocycles. The SMILES string of the molecule is CCC(NC(C)Cn1cccn1)c1ccccc1O. The first-order valence-corrected chi connectivity index (χ1v) is 6.72. The molecule has 102 valence electrons. The Morgan fingerprint density at radius 1 is 1.32 bits per heavy atom. The maximum atomic E-state index is 9.92. The van der Waals surface area contributed by atoms with Crippen molar-refractivity contribution < 1.29 is 5.11 Å². The molecule has 0 saturated carbocycles. The topological polar surface area (TPSA) is 50.1 Å². The molecule has 0 saturated heterocycles. The van der Waals surface area contributed by atoms with E-state index in [1.165, 1.54) is 0 Å². The van der Waals surface area contributed by atoms with Gasteiger partial charge in [0, 0.05) is 30.0 Å². The number of rotatable bonds is 6. The lowest BCUT2D eigenvalue weighted by Crippen LogP contribution is -2.33. The fraction of sp³-hybridized carbons (Fsp3) is 0.400. The van der Waals surface area contributed by atoms with Crippen molar-refractivity contribution in [2.45, 2.75) is 38.9 Å². The average molecular weight is 259 g/mol. The number of nitrogens with one attached hydrogen (secondary N) is 1. The summed E-state index contributed by atoms with van der Waals surface area (Å²) >= 11 is 0. The fourth-order valence-electron chi connectivity index (χ4n) is 2.29. The van der Waals surface area contributed by atoms with Gasteiger partial charge >= 0.3 is 0 Å². The highest BCUT2D eigenvalue weighted by Crippen LogP contribution is 2.26. The number of aromatic nitrogens is 2. The van der Waals surface area contributed by atoms with Crippen molar-refractivity contribution in [1.29, 1.82) is 0 Å². The van der Waals surface area contributed by atoms with Gasteiger partial charge in [0.05, 0.1) is 6.54 Å². The van der Waals surface area contributed by atoms with E-state index in [0.29, 0.717) is 5.75 Å². The van der Waals surface area contributed by atoms with Crippen molar-refractivity contribution in [2.75, 3.05) is 0 Å². The molecule has 4 heteroatoms. The summed E-state index contributed by atoms with van der Waals surface area (Å²) in [6.45, 7) is 5.06. The van der Waals surface area contributed by atoms with Crippen LogP contribution in [0.4, 0.5) is 0 Å². The molecule has 0 radical (unpaired) electrons. The van der Waals surface area contributed by atoms with Crippen molar-refractivity contribution in [1.82, 2.24) is 15.1 Å². The molecule has 2 N–H and O–H groups in total. The van der Waals surface area contributed by atoms with E-state index in [9.17, 15) is 5.11 Å². The molecule has 2 atom stereocenters. The van der Waals surface area contributed by atoms with Gasteiger partial charge < -0.3 is 10.4 Å². The second-order valence-corrected chi connectivity index (χ2v) is 4.82. The van der Waals surface area contributed by atoms with Gasteiger partial charge in [-0.2, -0.15) is 5.10 Å². The second-order valence-electron chi connectivity index (χ2n) is 4.82. The Balaban J connectivity index is 2.01. The summed E-state index contributed by atoms with van der Waals surface area (Å²) in [5.41, 5.74) is 0.956. The lowest BCUT2D eigenvalue weighted by atomic mass is 10.0. The molecule has 1 aromatic heterocycles. The minimum absolute atomic E-state index is 0.159. The Bertz CT molecular complexity index is 496. The standard InChI is InChI=1S/C15H21N3O/c1-3-14(13-7-4-5-8-15(13)19)17-12(2)11-18-10-6-9-16-18/h4-10,12,14,17,19H,3,11H2,1-2H3. The van der Waals surface area contributed by atoms with Crippen molar-refractivity contribution in [3.63, 3.8) is 0 Å². The number of aromatic hydroxyl groups is 1. The third kappa shape index (κ3) is 3.58. The molecule has 4 nitrogen and oxygen atoms in total. The number of para-hydroxylation sites is 1. The number of phenolic OH excluding ortho intramolecular Hbond substituents is 1. The van der Waals surface area contributed by atoms with Gasteiger partial charge in [-0.05, 0) is 25.5 Å². The molecule has 0 aliphatic rings. The van der Waals surface area contributed by atoms with Gasteiger partial charge in [0.1, 0.15) is 5.75 Å². The zero-order valence-corrected chi connectivity index (χ0v) is 11.5. The monoisotopic (exact) mass is 259 g/mol. The van der Waals surface area contributed by atoms with Crippen LogP contribution in [0.1, 0.15) is 31.9 Å². The Hall–Kier alpha value is -1.81. The zero-order chi connectivity index (χ0) is 13.7. The van der Waals surface area contributed by atoms with Gasteiger partial charge in [0.2, 0.25) is 0 Å². The van der Waals surface area contributed by atoms with Gasteiger partial charge in [-0.1, -0.05) is 25.1 Å². The quantitative estimate of drug-likeness (QED) is 0.838. The Labute approximate surface area is 114 Å². The largest absolute Gasteiger partial charge is 0.508 e. The highest BCUT2D eigenvalue weighted by atomic mass is 16.3. The van der Waals surface area contributed by atoms with Crippen LogP contribution in [-0.2, 0) is 6.54 Å². The highest BCUT2D eigenvalue weighted by molar-refractivity contribution is 5.34. The molecule has 2 unspecified atom stereocenters. The van der Waals surface area contributed by atoms with E-state index < -0.39 is 0 Å². The normalized spacial score (nSPS) is 14.2. The van der Waals surface area contributed by atoms with Crippen LogP contribution in [-0.4, -0.2) is 20.9 Å². The molecule has 0 bridgehead atoms. The lowest BCUT2D eigenvalue weighted by Gasteiger charge is -2.23. The average Bonchev–Trinajstić information content (AvgIpc) is 2.89. The third-order valence-corrected chi connectivity index (χ3v) is 3.23. The van der Waals surface area contributed by atoms with Gasteiger partial charge in [-0.15, -0.1) is 0 Å². The summed E-state index contributed by atoms with van der Waals surface area (Å²) < 4.78 is 1.91. The van der Waals surface area contributed by atoms with Crippen LogP contribution < -0.4 is 5.32 Å². The number of benzene rings is 1. The van der Waals surface area contributed by atoms with Gasteiger partial charge in [0.15, 0.2) is 0 Å². The van der Waals surface area contributed by atoms with Crippen LogP contribution in [0, 0.1) is 0 Å². The van der Waals surface area contributed by atoms with E-state index in [1.54, 1.807) is 12.3 Å². The van der Waals surface area contributed by atoms with E-state index in [-0.39, 0.29) is 12.1 Å². The summed E-state index contributed by atoms with van der Waals surface area (Å²) in [7, 11) is 0. The molecule has 19 heavy (non-hydrogen) atoms. The van der Waals surface area contributed by atoms with Gasteiger partial charge in [-0.25, -0.2) is 0 Å². The summed E-state index contributed by atoms with van der Waals surface area (Å²) in [6.07, 6.45) is 4.67. The fourth-order valence-corrected chi connectivity index (χ4v) is 2.29. The summed E-state index contributed by atoms with van der Waals surface area (Å²) in [5.74, 6) is 0.355. The van der Waals surface area contributed by atoms with E-state index in [4.69, 9.17) is 0 Å². The Morgan fingerprint density at radius 2 is 2.11 bits per heavy atom. The third-order valence-electron chi connectivity index (χ3n) is 3.23. The zero-order valence-electron chi connectivity index (χ0n) is 11.5. The first-order chi connectivity index (χ1) is 9.20. The van der Waals surface area contributed by atoms with Crippen molar-refractivity contribution >= 4 is 0 Å². The molecule has 1 aromatic carbocycles. The Morgan fingerprint density at radius 3 is 2.74 bits per heavy atom. The second kappa shape index (κ2) is 6.38. The van der Waals surface area contributed by atoms with E-state index >= 15 is 0 Å². The Kier molecular flexibility index (Phi) is 4.58. The molecular formula is C15H21N3O. The van der Waals surface area contributed by atoms with Crippen LogP contribution in [0.25, 0.3) is 0 Å². The molecule has 0 aliphatic heterocycles. The number of nitrogens with zero attached hydrogens (tertiary/aromatic N) is 2. The first-order valence-electron chi connectivity index (χ1n) is 6.72. The summed E-state index contributed by atoms with van der Waals surface area (Å²) in [4.78, 5) is 0. The maximum absolute atomic E-state index is 9.92. The predicted molar refractivity (Wildman–Crippen MR) is 76.0 cm³/mol. The van der Waals surface area contributed by atoms with Crippen LogP contribution in [0.3, 0.4) is 0 Å². The van der Waals surface area contributed by atoms with Crippen LogP contribution in [0.5, 0.6) is 5.75 Å². The highest BCUT2D eigenvalue weighted by Gasteiger charge is 2.15. The maximum Gasteiger partial charge on any atom is 0.120 e. The number of hydrogen-bond donors (Lipinski definition) is 2. The van der Waals surface area contributed by atoms with Crippen molar-refractivity contribution in [2.24, 2.45) is 0 Å². The first kappa shape index (κ1) is 13.6. The van der Waals surface area contributed by atoms with E-state index in [2.05, 4.69) is 24.3 Å². The van der Waals surface area contributed by atoms with E-state index in [0.717, 1.165) is 18.5 Å². The molecule has 2 aromatic rings. The van der Waals surface area contributed by atoms with Crippen LogP contribution in [0.15, 0.2) is 42.7 Å². The van der Waals surface area contributed by atoms with Crippen molar-refractivity contribution in [3.05, 3.63) is 48.3 Å². The van der Waals surface area contributed by atoms with E-state index in [1.807, 2.05) is 35.1 Å². The molecule has 0 fully saturated rings. The number of phenols is 1. The molecule has 0 amide bonds. The van der Waals surface area contributed by atoms with Crippen LogP contribution >= 0.6 is 0 Å². The van der Waals surface area contributed by atoms with Gasteiger partial charge in [-0.3, -0.25) is 4.68 Å². The minimum Gasteiger partial charge on any atom is -0.508 e.